The van der Waals surface area contributed by atoms with Crippen LogP contribution in [0.3, 0.4) is 0 Å². The Bertz CT molecular complexity index is 852. The van der Waals surface area contributed by atoms with Gasteiger partial charge in [-0.25, -0.2) is 0 Å². The van der Waals surface area contributed by atoms with E-state index in [0.717, 1.165) is 6.29 Å². The lowest BCUT2D eigenvalue weighted by molar-refractivity contribution is -0.108. The molecule has 1 aliphatic rings. The minimum atomic E-state index is -3.33. The molecular formula is C17H13F2N2O3P. The standard InChI is InChI=1S/C17H13F2N2O3P/c18-17(19,25)23-14-8-6-12(7-9-14)15-20-16(24-21-15)13-3-1-2-11(10-22)4-5-13/h1-11H,25H2. The zero-order chi connectivity index (χ0) is 17.9. The lowest BCUT2D eigenvalue weighted by Crippen LogP contribution is -2.14. The Kier molecular flexibility index (Phi) is 4.86. The van der Waals surface area contributed by atoms with E-state index in [-0.39, 0.29) is 11.7 Å². The van der Waals surface area contributed by atoms with E-state index in [1.165, 1.54) is 21.4 Å². The zero-order valence-electron chi connectivity index (χ0n) is 12.8. The van der Waals surface area contributed by atoms with Gasteiger partial charge in [0.25, 0.3) is 5.89 Å². The van der Waals surface area contributed by atoms with E-state index in [4.69, 9.17) is 4.52 Å². The number of hydrogen-bond donors (Lipinski definition) is 0. The number of allylic oxidation sites excluding steroid dienone is 6. The Morgan fingerprint density at radius 1 is 1.24 bits per heavy atom. The van der Waals surface area contributed by atoms with Crippen molar-refractivity contribution < 1.29 is 22.8 Å². The number of rotatable bonds is 5. The van der Waals surface area contributed by atoms with E-state index in [0.29, 0.717) is 22.9 Å². The molecule has 2 aromatic rings. The molecule has 0 spiro atoms. The number of halogens is 2. The Morgan fingerprint density at radius 3 is 2.68 bits per heavy atom. The molecule has 0 aliphatic heterocycles. The average Bonchev–Trinajstić information content (AvgIpc) is 2.93. The Balaban J connectivity index is 1.79. The average molecular weight is 362 g/mol. The van der Waals surface area contributed by atoms with Crippen LogP contribution >= 0.6 is 9.24 Å². The summed E-state index contributed by atoms with van der Waals surface area (Å²) in [6.45, 7) is 0. The summed E-state index contributed by atoms with van der Waals surface area (Å²) >= 11 is 0. The van der Waals surface area contributed by atoms with E-state index in [2.05, 4.69) is 14.9 Å². The van der Waals surface area contributed by atoms with Crippen molar-refractivity contribution in [2.24, 2.45) is 5.92 Å². The first-order chi connectivity index (χ1) is 11.9. The third kappa shape index (κ3) is 4.45. The fraction of sp³-hybridized carbons (Fsp3) is 0.118. The topological polar surface area (TPSA) is 65.2 Å². The van der Waals surface area contributed by atoms with Gasteiger partial charge in [-0.2, -0.15) is 13.8 Å². The minimum Gasteiger partial charge on any atom is -0.430 e. The van der Waals surface area contributed by atoms with Crippen LogP contribution in [0, 0.1) is 5.92 Å². The zero-order valence-corrected chi connectivity index (χ0v) is 14.0. The molecule has 0 bridgehead atoms. The van der Waals surface area contributed by atoms with Crippen LogP contribution in [0.2, 0.25) is 0 Å². The molecule has 0 fully saturated rings. The third-order valence-corrected chi connectivity index (χ3v) is 3.42. The molecule has 2 atom stereocenters. The Morgan fingerprint density at radius 2 is 2.00 bits per heavy atom. The fourth-order valence-corrected chi connectivity index (χ4v) is 2.28. The van der Waals surface area contributed by atoms with Crippen molar-refractivity contribution in [1.29, 1.82) is 0 Å². The number of ether oxygens (including phenoxy) is 1. The van der Waals surface area contributed by atoms with Crippen LogP contribution in [0.25, 0.3) is 17.0 Å². The van der Waals surface area contributed by atoms with Gasteiger partial charge in [0.2, 0.25) is 5.82 Å². The van der Waals surface area contributed by atoms with Crippen molar-refractivity contribution in [1.82, 2.24) is 10.1 Å². The molecule has 1 aliphatic carbocycles. The van der Waals surface area contributed by atoms with Gasteiger partial charge in [-0.05, 0) is 39.6 Å². The predicted molar refractivity (Wildman–Crippen MR) is 90.8 cm³/mol. The number of carbonyl (C=O) groups is 1. The highest BCUT2D eigenvalue weighted by molar-refractivity contribution is 7.17. The summed E-state index contributed by atoms with van der Waals surface area (Å²) in [5.74, 6) is -3.00. The van der Waals surface area contributed by atoms with Gasteiger partial charge in [0.1, 0.15) is 12.0 Å². The molecule has 0 radical (unpaired) electrons. The van der Waals surface area contributed by atoms with Crippen molar-refractivity contribution in [2.45, 2.75) is 5.85 Å². The molecule has 1 aromatic heterocycles. The largest absolute Gasteiger partial charge is 0.430 e. The second-order valence-electron chi connectivity index (χ2n) is 5.19. The minimum absolute atomic E-state index is 0.0203. The second kappa shape index (κ2) is 7.07. The Hall–Kier alpha value is -2.66. The molecule has 128 valence electrons. The van der Waals surface area contributed by atoms with Gasteiger partial charge in [0.15, 0.2) is 0 Å². The molecule has 0 N–H and O–H groups in total. The van der Waals surface area contributed by atoms with Crippen molar-refractivity contribution in [3.05, 3.63) is 60.5 Å². The molecule has 2 unspecified atom stereocenters. The smallest absolute Gasteiger partial charge is 0.408 e. The third-order valence-electron chi connectivity index (χ3n) is 3.30. The maximum absolute atomic E-state index is 12.8. The van der Waals surface area contributed by atoms with Gasteiger partial charge >= 0.3 is 5.85 Å². The van der Waals surface area contributed by atoms with Crippen LogP contribution in [0.5, 0.6) is 5.75 Å². The fourth-order valence-electron chi connectivity index (χ4n) is 2.14. The van der Waals surface area contributed by atoms with Gasteiger partial charge in [-0.1, -0.05) is 29.5 Å². The quantitative estimate of drug-likeness (QED) is 0.597. The van der Waals surface area contributed by atoms with Crippen molar-refractivity contribution in [3.8, 4) is 17.1 Å². The maximum Gasteiger partial charge on any atom is 0.408 e. The summed E-state index contributed by atoms with van der Waals surface area (Å²) in [5, 5.41) is 3.89. The monoisotopic (exact) mass is 362 g/mol. The van der Waals surface area contributed by atoms with E-state index in [1.54, 1.807) is 42.5 Å². The van der Waals surface area contributed by atoms with Gasteiger partial charge in [0, 0.05) is 11.1 Å². The summed E-state index contributed by atoms with van der Waals surface area (Å²) in [5.41, 5.74) is 1.26. The van der Waals surface area contributed by atoms with Crippen LogP contribution in [0.15, 0.2) is 59.2 Å². The Labute approximate surface area is 144 Å². The molecule has 3 rings (SSSR count). The highest BCUT2D eigenvalue weighted by atomic mass is 31.0. The van der Waals surface area contributed by atoms with Crippen LogP contribution < -0.4 is 4.74 Å². The first-order valence-corrected chi connectivity index (χ1v) is 7.84. The van der Waals surface area contributed by atoms with Crippen molar-refractivity contribution in [2.75, 3.05) is 0 Å². The van der Waals surface area contributed by atoms with Crippen molar-refractivity contribution >= 4 is 21.1 Å². The number of aldehydes is 1. The molecule has 8 heteroatoms. The lowest BCUT2D eigenvalue weighted by Gasteiger charge is -2.12. The van der Waals surface area contributed by atoms with Gasteiger partial charge in [-0.3, -0.25) is 0 Å². The molecule has 1 heterocycles. The molecule has 25 heavy (non-hydrogen) atoms. The SMILES string of the molecule is O=CC1C=CC=C(c2nc(-c3ccc(OC(F)(F)P)cc3)no2)C=C1. The summed E-state index contributed by atoms with van der Waals surface area (Å²) in [6.07, 6.45) is 9.53. The highest BCUT2D eigenvalue weighted by Gasteiger charge is 2.23. The van der Waals surface area contributed by atoms with E-state index in [1.807, 2.05) is 0 Å². The number of carbonyl (C=O) groups excluding carboxylic acids is 1. The van der Waals surface area contributed by atoms with Crippen LogP contribution in [-0.2, 0) is 4.79 Å². The van der Waals surface area contributed by atoms with Crippen LogP contribution in [0.1, 0.15) is 5.89 Å². The van der Waals surface area contributed by atoms with E-state index in [9.17, 15) is 13.6 Å². The summed E-state index contributed by atoms with van der Waals surface area (Å²) < 4.78 is 35.3. The summed E-state index contributed by atoms with van der Waals surface area (Å²) in [4.78, 5) is 15.1. The van der Waals surface area contributed by atoms with Gasteiger partial charge in [-0.15, -0.1) is 0 Å². The lowest BCUT2D eigenvalue weighted by atomic mass is 10.1. The number of aromatic nitrogens is 2. The second-order valence-corrected chi connectivity index (χ2v) is 5.86. The molecule has 1 aromatic carbocycles. The molecule has 0 amide bonds. The van der Waals surface area contributed by atoms with Crippen molar-refractivity contribution in [3.63, 3.8) is 0 Å². The van der Waals surface area contributed by atoms with Crippen LogP contribution in [0.4, 0.5) is 8.78 Å². The van der Waals surface area contributed by atoms with Crippen LogP contribution in [-0.4, -0.2) is 22.3 Å². The number of alkyl halides is 2. The number of nitrogens with zero attached hydrogens (tertiary/aromatic N) is 2. The number of benzene rings is 1. The van der Waals surface area contributed by atoms with E-state index < -0.39 is 5.85 Å². The first kappa shape index (κ1) is 17.2. The van der Waals surface area contributed by atoms with Gasteiger partial charge < -0.3 is 14.1 Å². The first-order valence-electron chi connectivity index (χ1n) is 7.27. The predicted octanol–water partition coefficient (Wildman–Crippen LogP) is 3.87. The van der Waals surface area contributed by atoms with E-state index >= 15 is 0 Å². The maximum atomic E-state index is 12.8. The van der Waals surface area contributed by atoms with Gasteiger partial charge in [0.05, 0.1) is 5.92 Å². The number of hydrogen-bond acceptors (Lipinski definition) is 5. The summed E-state index contributed by atoms with van der Waals surface area (Å²) in [7, 11) is 1.31. The molecule has 0 saturated carbocycles. The molecular weight excluding hydrogens is 349 g/mol. The highest BCUT2D eigenvalue weighted by Crippen LogP contribution is 2.29. The molecule has 0 saturated heterocycles. The summed E-state index contributed by atoms with van der Waals surface area (Å²) in [6, 6.07) is 5.90. The molecule has 5 nitrogen and oxygen atoms in total. The normalized spacial score (nSPS) is 17.1.